The highest BCUT2D eigenvalue weighted by atomic mass is 16.2. The number of hydrogen-bond donors (Lipinski definition) is 1. The van der Waals surface area contributed by atoms with Gasteiger partial charge in [-0.2, -0.15) is 0 Å². The van der Waals surface area contributed by atoms with Gasteiger partial charge < -0.3 is 5.73 Å². The van der Waals surface area contributed by atoms with Crippen molar-refractivity contribution in [3.8, 4) is 0 Å². The molecule has 2 N–H and O–H groups in total. The van der Waals surface area contributed by atoms with E-state index < -0.39 is 0 Å². The van der Waals surface area contributed by atoms with Crippen molar-refractivity contribution in [3.63, 3.8) is 0 Å². The first-order valence-corrected chi connectivity index (χ1v) is 7.83. The molecule has 0 aromatic heterocycles. The van der Waals surface area contributed by atoms with Crippen LogP contribution in [-0.2, 0) is 0 Å². The predicted molar refractivity (Wildman–Crippen MR) is 84.7 cm³/mol. The second-order valence-electron chi connectivity index (χ2n) is 6.21. The summed E-state index contributed by atoms with van der Waals surface area (Å²) in [6.07, 6.45) is 3.76. The zero-order valence-electron chi connectivity index (χ0n) is 12.3. The van der Waals surface area contributed by atoms with Crippen LogP contribution in [0, 0.1) is 0 Å². The zero-order chi connectivity index (χ0) is 15.3. The molecule has 4 nitrogen and oxygen atoms in total. The topological polar surface area (TPSA) is 63.4 Å². The summed E-state index contributed by atoms with van der Waals surface area (Å²) in [5.74, 6) is -0.395. The second-order valence-corrected chi connectivity index (χ2v) is 6.21. The molecular formula is C18H18N2O2. The van der Waals surface area contributed by atoms with E-state index in [1.54, 1.807) is 0 Å². The van der Waals surface area contributed by atoms with Crippen molar-refractivity contribution in [2.75, 3.05) is 0 Å². The summed E-state index contributed by atoms with van der Waals surface area (Å²) in [4.78, 5) is 27.2. The van der Waals surface area contributed by atoms with Crippen molar-refractivity contribution in [2.24, 2.45) is 5.73 Å². The van der Waals surface area contributed by atoms with Crippen LogP contribution in [0.5, 0.6) is 0 Å². The highest BCUT2D eigenvalue weighted by Gasteiger charge is 2.40. The summed E-state index contributed by atoms with van der Waals surface area (Å²) in [6.45, 7) is 0. The van der Waals surface area contributed by atoms with Gasteiger partial charge in [0.1, 0.15) is 0 Å². The Bertz CT molecular complexity index is 733. The Morgan fingerprint density at radius 3 is 2.09 bits per heavy atom. The van der Waals surface area contributed by atoms with Gasteiger partial charge in [-0.05, 0) is 30.4 Å². The Hall–Kier alpha value is -2.20. The van der Waals surface area contributed by atoms with Crippen molar-refractivity contribution < 1.29 is 9.59 Å². The lowest BCUT2D eigenvalue weighted by atomic mass is 9.86. The second kappa shape index (κ2) is 4.92. The molecule has 0 spiro atoms. The molecule has 1 fully saturated rings. The Labute approximate surface area is 128 Å². The molecule has 0 bridgehead atoms. The fourth-order valence-corrected chi connectivity index (χ4v) is 3.81. The number of carbonyl (C=O) groups excluding carboxylic acids is 2. The van der Waals surface area contributed by atoms with E-state index in [4.69, 9.17) is 5.73 Å². The average molecular weight is 294 g/mol. The molecule has 0 saturated heterocycles. The SMILES string of the molecule is N[C@@H]1CCCC[C@H]1N1C(=O)c2cccc3cccc(c23)C1=O. The summed E-state index contributed by atoms with van der Waals surface area (Å²) in [6, 6.07) is 10.9. The molecule has 1 aliphatic heterocycles. The minimum absolute atomic E-state index is 0.119. The minimum atomic E-state index is -0.198. The van der Waals surface area contributed by atoms with Gasteiger partial charge in [0.15, 0.2) is 0 Å². The number of carbonyl (C=O) groups is 2. The first-order chi connectivity index (χ1) is 10.7. The van der Waals surface area contributed by atoms with Crippen LogP contribution in [0.25, 0.3) is 10.8 Å². The molecule has 2 amide bonds. The quantitative estimate of drug-likeness (QED) is 0.822. The lowest BCUT2D eigenvalue weighted by molar-refractivity contribution is 0.0479. The molecule has 112 valence electrons. The molecule has 2 aliphatic rings. The van der Waals surface area contributed by atoms with E-state index in [1.807, 2.05) is 36.4 Å². The monoisotopic (exact) mass is 294 g/mol. The molecule has 1 saturated carbocycles. The zero-order valence-corrected chi connectivity index (χ0v) is 12.3. The van der Waals surface area contributed by atoms with Crippen LogP contribution in [0.2, 0.25) is 0 Å². The molecule has 2 aromatic rings. The lowest BCUT2D eigenvalue weighted by Gasteiger charge is -2.39. The van der Waals surface area contributed by atoms with E-state index in [0.717, 1.165) is 36.5 Å². The van der Waals surface area contributed by atoms with Crippen molar-refractivity contribution in [3.05, 3.63) is 47.5 Å². The van der Waals surface area contributed by atoms with Crippen LogP contribution in [0.3, 0.4) is 0 Å². The third-order valence-corrected chi connectivity index (χ3v) is 4.92. The standard InChI is InChI=1S/C18H18N2O2/c19-14-9-1-2-10-15(14)20-17(21)12-7-3-5-11-6-4-8-13(16(11)12)18(20)22/h3-8,14-15H,1-2,9-10,19H2/t14-,15-/m1/s1. The maximum Gasteiger partial charge on any atom is 0.261 e. The molecule has 1 aliphatic carbocycles. The number of imide groups is 1. The van der Waals surface area contributed by atoms with E-state index in [2.05, 4.69) is 0 Å². The van der Waals surface area contributed by atoms with E-state index >= 15 is 0 Å². The highest BCUT2D eigenvalue weighted by molar-refractivity contribution is 6.25. The molecule has 1 heterocycles. The van der Waals surface area contributed by atoms with E-state index in [0.29, 0.717) is 11.1 Å². The van der Waals surface area contributed by atoms with Gasteiger partial charge in [-0.25, -0.2) is 0 Å². The predicted octanol–water partition coefficient (Wildman–Crippen LogP) is 2.71. The maximum atomic E-state index is 12.9. The third-order valence-electron chi connectivity index (χ3n) is 4.92. The number of hydrogen-bond acceptors (Lipinski definition) is 3. The first kappa shape index (κ1) is 13.5. The largest absolute Gasteiger partial charge is 0.326 e. The molecule has 4 rings (SSSR count). The summed E-state index contributed by atoms with van der Waals surface area (Å²) in [5.41, 5.74) is 7.44. The molecule has 2 aromatic carbocycles. The van der Waals surface area contributed by atoms with Gasteiger partial charge >= 0.3 is 0 Å². The highest BCUT2D eigenvalue weighted by Crippen LogP contribution is 2.33. The van der Waals surface area contributed by atoms with Gasteiger partial charge in [-0.15, -0.1) is 0 Å². The molecule has 0 radical (unpaired) electrons. The lowest BCUT2D eigenvalue weighted by Crippen LogP contribution is -2.55. The fourth-order valence-electron chi connectivity index (χ4n) is 3.81. The average Bonchev–Trinajstić information content (AvgIpc) is 2.54. The fraction of sp³-hybridized carbons (Fsp3) is 0.333. The molecular weight excluding hydrogens is 276 g/mol. The van der Waals surface area contributed by atoms with Crippen LogP contribution in [0.4, 0.5) is 0 Å². The Kier molecular flexibility index (Phi) is 3.01. The van der Waals surface area contributed by atoms with Crippen LogP contribution in [-0.4, -0.2) is 28.8 Å². The molecule has 2 atom stereocenters. The van der Waals surface area contributed by atoms with Crippen molar-refractivity contribution >= 4 is 22.6 Å². The summed E-state index contributed by atoms with van der Waals surface area (Å²) < 4.78 is 0. The Morgan fingerprint density at radius 1 is 0.909 bits per heavy atom. The van der Waals surface area contributed by atoms with E-state index in [9.17, 15) is 9.59 Å². The van der Waals surface area contributed by atoms with E-state index in [1.165, 1.54) is 4.90 Å². The number of benzene rings is 2. The number of nitrogens with zero attached hydrogens (tertiary/aromatic N) is 1. The number of nitrogens with two attached hydrogens (primary N) is 1. The van der Waals surface area contributed by atoms with Crippen molar-refractivity contribution in [1.82, 2.24) is 4.90 Å². The third kappa shape index (κ3) is 1.80. The van der Waals surface area contributed by atoms with Crippen LogP contribution in [0.1, 0.15) is 46.4 Å². The van der Waals surface area contributed by atoms with Crippen LogP contribution in [0.15, 0.2) is 36.4 Å². The van der Waals surface area contributed by atoms with Gasteiger partial charge in [-0.1, -0.05) is 37.1 Å². The summed E-state index contributed by atoms with van der Waals surface area (Å²) in [5, 5.41) is 1.71. The maximum absolute atomic E-state index is 12.9. The van der Waals surface area contributed by atoms with E-state index in [-0.39, 0.29) is 23.9 Å². The molecule has 4 heteroatoms. The van der Waals surface area contributed by atoms with Gasteiger partial charge in [0.2, 0.25) is 0 Å². The molecule has 0 unspecified atom stereocenters. The van der Waals surface area contributed by atoms with Crippen molar-refractivity contribution in [1.29, 1.82) is 0 Å². The minimum Gasteiger partial charge on any atom is -0.326 e. The van der Waals surface area contributed by atoms with Crippen LogP contribution < -0.4 is 5.73 Å². The summed E-state index contributed by atoms with van der Waals surface area (Å²) >= 11 is 0. The number of rotatable bonds is 1. The van der Waals surface area contributed by atoms with Gasteiger partial charge in [0.25, 0.3) is 11.8 Å². The van der Waals surface area contributed by atoms with Crippen LogP contribution >= 0.6 is 0 Å². The van der Waals surface area contributed by atoms with Gasteiger partial charge in [0, 0.05) is 22.6 Å². The first-order valence-electron chi connectivity index (χ1n) is 7.83. The van der Waals surface area contributed by atoms with Gasteiger partial charge in [-0.3, -0.25) is 14.5 Å². The smallest absolute Gasteiger partial charge is 0.261 e. The Balaban J connectivity index is 1.88. The van der Waals surface area contributed by atoms with Gasteiger partial charge in [0.05, 0.1) is 6.04 Å². The van der Waals surface area contributed by atoms with Crippen molar-refractivity contribution in [2.45, 2.75) is 37.8 Å². The summed E-state index contributed by atoms with van der Waals surface area (Å²) in [7, 11) is 0. The molecule has 22 heavy (non-hydrogen) atoms. The normalized spacial score (nSPS) is 24.9. The number of amides is 2. The Morgan fingerprint density at radius 2 is 1.50 bits per heavy atom.